The number of hydrogen-bond donors (Lipinski definition) is 1. The van der Waals surface area contributed by atoms with Crippen molar-refractivity contribution < 1.29 is 12.9 Å². The van der Waals surface area contributed by atoms with Crippen LogP contribution in [0.4, 0.5) is 5.69 Å². The Bertz CT molecular complexity index is 1060. The molecule has 3 aromatic rings. The maximum absolute atomic E-state index is 13.0. The molecule has 26 heavy (non-hydrogen) atoms. The molecule has 0 spiro atoms. The second kappa shape index (κ2) is 6.61. The van der Waals surface area contributed by atoms with Crippen molar-refractivity contribution in [1.29, 1.82) is 0 Å². The first kappa shape index (κ1) is 18.2. The number of anilines is 1. The van der Waals surface area contributed by atoms with Crippen LogP contribution in [0.5, 0.6) is 0 Å². The van der Waals surface area contributed by atoms with Crippen molar-refractivity contribution in [2.45, 2.75) is 39.5 Å². The lowest BCUT2D eigenvalue weighted by Crippen LogP contribution is -2.15. The topological polar surface area (TPSA) is 72.2 Å². The average Bonchev–Trinajstić information content (AvgIpc) is 2.90. The molecule has 0 aliphatic rings. The fourth-order valence-electron chi connectivity index (χ4n) is 2.99. The van der Waals surface area contributed by atoms with Crippen LogP contribution in [-0.2, 0) is 10.0 Å². The summed E-state index contributed by atoms with van der Waals surface area (Å²) in [6.07, 6.45) is 0. The molecule has 1 N–H and O–H groups in total. The number of sulfonamides is 1. The number of aryl methyl sites for hydroxylation is 5. The lowest BCUT2D eigenvalue weighted by molar-refractivity contribution is 0.393. The first-order valence-electron chi connectivity index (χ1n) is 8.33. The van der Waals surface area contributed by atoms with Gasteiger partial charge in [0.25, 0.3) is 10.0 Å². The zero-order valence-electron chi connectivity index (χ0n) is 15.5. The van der Waals surface area contributed by atoms with Gasteiger partial charge in [0.2, 0.25) is 0 Å². The summed E-state index contributed by atoms with van der Waals surface area (Å²) in [4.78, 5) is 0.246. The van der Waals surface area contributed by atoms with Crippen LogP contribution in [0.1, 0.15) is 28.1 Å². The molecule has 0 radical (unpaired) electrons. The molecular formula is C20H22N2O3S. The predicted molar refractivity (Wildman–Crippen MR) is 103 cm³/mol. The second-order valence-electron chi connectivity index (χ2n) is 6.60. The highest BCUT2D eigenvalue weighted by molar-refractivity contribution is 7.92. The summed E-state index contributed by atoms with van der Waals surface area (Å²) in [5.74, 6) is 0.664. The van der Waals surface area contributed by atoms with Gasteiger partial charge in [-0.2, -0.15) is 0 Å². The lowest BCUT2D eigenvalue weighted by atomic mass is 10.0. The third-order valence-electron chi connectivity index (χ3n) is 4.44. The van der Waals surface area contributed by atoms with Gasteiger partial charge in [-0.15, -0.1) is 0 Å². The zero-order chi connectivity index (χ0) is 19.1. The van der Waals surface area contributed by atoms with Crippen molar-refractivity contribution in [3.63, 3.8) is 0 Å². The van der Waals surface area contributed by atoms with E-state index < -0.39 is 10.0 Å². The van der Waals surface area contributed by atoms with E-state index >= 15 is 0 Å². The molecule has 0 aliphatic heterocycles. The molecule has 0 unspecified atom stereocenters. The van der Waals surface area contributed by atoms with E-state index in [0.29, 0.717) is 17.0 Å². The highest BCUT2D eigenvalue weighted by Gasteiger charge is 2.21. The van der Waals surface area contributed by atoms with Crippen molar-refractivity contribution >= 4 is 15.7 Å². The molecule has 0 saturated carbocycles. The van der Waals surface area contributed by atoms with Crippen LogP contribution in [0.15, 0.2) is 45.8 Å². The first-order valence-corrected chi connectivity index (χ1v) is 9.81. The van der Waals surface area contributed by atoms with Crippen LogP contribution in [0, 0.1) is 34.6 Å². The van der Waals surface area contributed by atoms with E-state index in [9.17, 15) is 8.42 Å². The van der Waals surface area contributed by atoms with E-state index in [1.54, 1.807) is 19.1 Å². The number of benzene rings is 2. The van der Waals surface area contributed by atoms with Crippen LogP contribution < -0.4 is 4.72 Å². The highest BCUT2D eigenvalue weighted by Crippen LogP contribution is 2.31. The number of nitrogens with zero attached hydrogens (tertiary/aromatic N) is 1. The second-order valence-corrected chi connectivity index (χ2v) is 8.25. The van der Waals surface area contributed by atoms with Crippen molar-refractivity contribution in [2.75, 3.05) is 4.72 Å². The minimum Gasteiger partial charge on any atom is -0.361 e. The molecule has 0 saturated heterocycles. The highest BCUT2D eigenvalue weighted by atomic mass is 32.2. The van der Waals surface area contributed by atoms with Gasteiger partial charge in [0.05, 0.1) is 16.3 Å². The Labute approximate surface area is 154 Å². The standard InChI is InChI=1S/C20H22N2O3S/c1-12-6-7-13(2)18(10-12)22-26(23,24)19-11-17(9-8-14(19)3)20-15(4)21-25-16(20)5/h6-11,22H,1-5H3. The minimum atomic E-state index is -3.72. The Morgan fingerprint density at radius 1 is 0.923 bits per heavy atom. The monoisotopic (exact) mass is 370 g/mol. The Balaban J connectivity index is 2.08. The van der Waals surface area contributed by atoms with Crippen molar-refractivity contribution in [3.8, 4) is 11.1 Å². The van der Waals surface area contributed by atoms with Crippen LogP contribution in [0.3, 0.4) is 0 Å². The molecule has 0 amide bonds. The van der Waals surface area contributed by atoms with Gasteiger partial charge in [-0.3, -0.25) is 4.72 Å². The fraction of sp³-hybridized carbons (Fsp3) is 0.250. The molecule has 0 atom stereocenters. The largest absolute Gasteiger partial charge is 0.361 e. The molecule has 3 rings (SSSR count). The van der Waals surface area contributed by atoms with Gasteiger partial charge in [0.15, 0.2) is 0 Å². The van der Waals surface area contributed by atoms with Crippen LogP contribution in [-0.4, -0.2) is 13.6 Å². The number of aromatic nitrogens is 1. The molecule has 0 fully saturated rings. The maximum Gasteiger partial charge on any atom is 0.262 e. The van der Waals surface area contributed by atoms with Gasteiger partial charge in [0.1, 0.15) is 5.76 Å². The van der Waals surface area contributed by atoms with Crippen LogP contribution in [0.25, 0.3) is 11.1 Å². The van der Waals surface area contributed by atoms with Gasteiger partial charge < -0.3 is 4.52 Å². The normalized spacial score (nSPS) is 11.6. The fourth-order valence-corrected chi connectivity index (χ4v) is 4.38. The van der Waals surface area contributed by atoms with E-state index in [2.05, 4.69) is 9.88 Å². The molecule has 136 valence electrons. The first-order chi connectivity index (χ1) is 12.2. The van der Waals surface area contributed by atoms with E-state index in [1.807, 2.05) is 52.0 Å². The minimum absolute atomic E-state index is 0.246. The van der Waals surface area contributed by atoms with Crippen molar-refractivity contribution in [3.05, 3.63) is 64.5 Å². The predicted octanol–water partition coefficient (Wildman–Crippen LogP) is 4.68. The SMILES string of the molecule is Cc1ccc(C)c(NS(=O)(=O)c2cc(-c3c(C)noc3C)ccc2C)c1. The van der Waals surface area contributed by atoms with Crippen LogP contribution in [0.2, 0.25) is 0 Å². The van der Waals surface area contributed by atoms with Crippen molar-refractivity contribution in [1.82, 2.24) is 5.16 Å². The Hall–Kier alpha value is -2.60. The molecule has 1 heterocycles. The number of hydrogen-bond acceptors (Lipinski definition) is 4. The van der Waals surface area contributed by atoms with E-state index in [0.717, 1.165) is 27.9 Å². The maximum atomic E-state index is 13.0. The van der Waals surface area contributed by atoms with E-state index in [-0.39, 0.29) is 4.90 Å². The summed E-state index contributed by atoms with van der Waals surface area (Å²) in [5.41, 5.74) is 5.47. The summed E-state index contributed by atoms with van der Waals surface area (Å²) in [7, 11) is -3.72. The third-order valence-corrected chi connectivity index (χ3v) is 5.94. The van der Waals surface area contributed by atoms with Crippen molar-refractivity contribution in [2.24, 2.45) is 0 Å². The summed E-state index contributed by atoms with van der Waals surface area (Å²) < 4.78 is 34.0. The molecule has 2 aromatic carbocycles. The van der Waals surface area contributed by atoms with E-state index in [1.165, 1.54) is 0 Å². The van der Waals surface area contributed by atoms with E-state index in [4.69, 9.17) is 4.52 Å². The smallest absolute Gasteiger partial charge is 0.262 e. The van der Waals surface area contributed by atoms with Gasteiger partial charge in [0, 0.05) is 5.56 Å². The summed E-state index contributed by atoms with van der Waals surface area (Å²) >= 11 is 0. The summed E-state index contributed by atoms with van der Waals surface area (Å²) in [6.45, 7) is 9.26. The summed E-state index contributed by atoms with van der Waals surface area (Å²) in [5, 5.41) is 3.96. The van der Waals surface area contributed by atoms with Gasteiger partial charge in [-0.05, 0) is 69.0 Å². The third kappa shape index (κ3) is 3.37. The molecule has 5 nitrogen and oxygen atoms in total. The average molecular weight is 370 g/mol. The molecule has 6 heteroatoms. The zero-order valence-corrected chi connectivity index (χ0v) is 16.4. The molecule has 0 aliphatic carbocycles. The number of rotatable bonds is 4. The molecular weight excluding hydrogens is 348 g/mol. The molecule has 1 aromatic heterocycles. The Morgan fingerprint density at radius 3 is 2.27 bits per heavy atom. The summed E-state index contributed by atoms with van der Waals surface area (Å²) in [6, 6.07) is 11.1. The Kier molecular flexibility index (Phi) is 4.63. The van der Waals surface area contributed by atoms with Crippen LogP contribution >= 0.6 is 0 Å². The lowest BCUT2D eigenvalue weighted by Gasteiger charge is -2.14. The quantitative estimate of drug-likeness (QED) is 0.723. The van der Waals surface area contributed by atoms with Gasteiger partial charge in [-0.25, -0.2) is 8.42 Å². The number of nitrogens with one attached hydrogen (secondary N) is 1. The molecule has 0 bridgehead atoms. The van der Waals surface area contributed by atoms with Gasteiger partial charge >= 0.3 is 0 Å². The van der Waals surface area contributed by atoms with Gasteiger partial charge in [-0.1, -0.05) is 29.4 Å². The Morgan fingerprint density at radius 2 is 1.62 bits per heavy atom.